The van der Waals surface area contributed by atoms with Crippen LogP contribution in [0.5, 0.6) is 5.75 Å². The molecular weight excluding hydrogens is 246 g/mol. The fourth-order valence-electron chi connectivity index (χ4n) is 2.15. The van der Waals surface area contributed by atoms with Gasteiger partial charge in [-0.1, -0.05) is 0 Å². The van der Waals surface area contributed by atoms with E-state index in [1.54, 1.807) is 18.2 Å². The van der Waals surface area contributed by atoms with Crippen molar-refractivity contribution in [3.8, 4) is 17.9 Å². The van der Waals surface area contributed by atoms with Gasteiger partial charge in [-0.2, -0.15) is 10.5 Å². The molecule has 0 saturated heterocycles. The number of aldehydes is 1. The van der Waals surface area contributed by atoms with E-state index in [9.17, 15) is 14.9 Å². The number of rotatable bonds is 3. The maximum atomic E-state index is 12.1. The first-order valence-corrected chi connectivity index (χ1v) is 5.40. The van der Waals surface area contributed by atoms with Crippen molar-refractivity contribution in [2.75, 3.05) is 12.4 Å². The van der Waals surface area contributed by atoms with E-state index in [1.807, 2.05) is 6.07 Å². The predicted molar refractivity (Wildman–Crippen MR) is 64.1 cm³/mol. The fraction of sp³-hybridized carbons (Fsp3) is 0.231. The van der Waals surface area contributed by atoms with E-state index in [-0.39, 0.29) is 5.56 Å². The summed E-state index contributed by atoms with van der Waals surface area (Å²) in [7, 11) is 1.45. The smallest absolute Gasteiger partial charge is 0.251 e. The van der Waals surface area contributed by atoms with Crippen LogP contribution in [-0.2, 0) is 15.0 Å². The number of methoxy groups -OCH3 is 1. The van der Waals surface area contributed by atoms with Gasteiger partial charge in [0.2, 0.25) is 0 Å². The number of nitriles is 2. The number of carbonyl (C=O) groups is 2. The standard InChI is InChI=1S/C13H9N3O3/c1-19-9-2-3-11-10(4-9)13(7-15,12(18)16-11)8(5-14)6-17/h2-4,6,8H,1H3,(H,16,18). The number of ether oxygens (including phenoxy) is 1. The van der Waals surface area contributed by atoms with Crippen LogP contribution in [0.2, 0.25) is 0 Å². The third kappa shape index (κ3) is 1.54. The lowest BCUT2D eigenvalue weighted by molar-refractivity contribution is -0.123. The average Bonchev–Trinajstić information content (AvgIpc) is 2.72. The molecule has 1 heterocycles. The van der Waals surface area contributed by atoms with Crippen LogP contribution in [0.4, 0.5) is 5.69 Å². The highest BCUT2D eigenvalue weighted by atomic mass is 16.5. The van der Waals surface area contributed by atoms with Crippen LogP contribution >= 0.6 is 0 Å². The zero-order chi connectivity index (χ0) is 14.0. The summed E-state index contributed by atoms with van der Waals surface area (Å²) in [5.41, 5.74) is -1.12. The normalized spacial score (nSPS) is 21.5. The molecule has 0 spiro atoms. The van der Waals surface area contributed by atoms with Crippen LogP contribution in [0.15, 0.2) is 18.2 Å². The van der Waals surface area contributed by atoms with E-state index in [0.717, 1.165) is 0 Å². The molecule has 2 unspecified atom stereocenters. The van der Waals surface area contributed by atoms with E-state index in [1.165, 1.54) is 13.2 Å². The van der Waals surface area contributed by atoms with Gasteiger partial charge in [0.05, 0.1) is 19.2 Å². The van der Waals surface area contributed by atoms with Crippen molar-refractivity contribution in [2.45, 2.75) is 5.41 Å². The van der Waals surface area contributed by atoms with Crippen LogP contribution < -0.4 is 10.1 Å². The molecule has 2 rings (SSSR count). The molecule has 1 N–H and O–H groups in total. The Morgan fingerprint density at radius 1 is 1.47 bits per heavy atom. The van der Waals surface area contributed by atoms with Crippen LogP contribution in [0.25, 0.3) is 0 Å². The highest BCUT2D eigenvalue weighted by molar-refractivity contribution is 6.10. The molecule has 0 aliphatic carbocycles. The summed E-state index contributed by atoms with van der Waals surface area (Å²) in [5.74, 6) is -1.60. The number of nitrogens with zero attached hydrogens (tertiary/aromatic N) is 2. The highest BCUT2D eigenvalue weighted by Crippen LogP contribution is 2.43. The number of hydrogen-bond acceptors (Lipinski definition) is 5. The molecule has 2 atom stereocenters. The minimum atomic E-state index is -1.82. The van der Waals surface area contributed by atoms with Gasteiger partial charge in [0.15, 0.2) is 5.41 Å². The van der Waals surface area contributed by atoms with Gasteiger partial charge in [0.25, 0.3) is 5.91 Å². The zero-order valence-corrected chi connectivity index (χ0v) is 10.0. The molecule has 6 heteroatoms. The molecule has 94 valence electrons. The van der Waals surface area contributed by atoms with Crippen LogP contribution in [0.3, 0.4) is 0 Å². The Morgan fingerprint density at radius 2 is 2.21 bits per heavy atom. The van der Waals surface area contributed by atoms with Gasteiger partial charge in [-0.05, 0) is 18.2 Å². The maximum absolute atomic E-state index is 12.1. The van der Waals surface area contributed by atoms with Crippen molar-refractivity contribution >= 4 is 17.9 Å². The SMILES string of the molecule is COc1ccc2c(c1)C(C#N)(C(C#N)C=O)C(=O)N2. The zero-order valence-electron chi connectivity index (χ0n) is 10.0. The molecule has 0 bridgehead atoms. The molecule has 0 aromatic heterocycles. The summed E-state index contributed by atoms with van der Waals surface area (Å²) < 4.78 is 5.04. The first kappa shape index (κ1) is 12.6. The quantitative estimate of drug-likeness (QED) is 0.802. The lowest BCUT2D eigenvalue weighted by atomic mass is 9.73. The minimum Gasteiger partial charge on any atom is -0.497 e. The van der Waals surface area contributed by atoms with Crippen molar-refractivity contribution in [2.24, 2.45) is 5.92 Å². The van der Waals surface area contributed by atoms with Crippen molar-refractivity contribution in [3.05, 3.63) is 23.8 Å². The van der Waals surface area contributed by atoms with Gasteiger partial charge in [-0.25, -0.2) is 0 Å². The maximum Gasteiger partial charge on any atom is 0.251 e. The van der Waals surface area contributed by atoms with E-state index >= 15 is 0 Å². The lowest BCUT2D eigenvalue weighted by Gasteiger charge is -2.20. The molecular formula is C13H9N3O3. The first-order valence-electron chi connectivity index (χ1n) is 5.40. The van der Waals surface area contributed by atoms with Crippen molar-refractivity contribution < 1.29 is 14.3 Å². The molecule has 0 radical (unpaired) electrons. The fourth-order valence-corrected chi connectivity index (χ4v) is 2.15. The van der Waals surface area contributed by atoms with Crippen molar-refractivity contribution in [3.63, 3.8) is 0 Å². The Morgan fingerprint density at radius 3 is 2.74 bits per heavy atom. The number of anilines is 1. The molecule has 1 amide bonds. The van der Waals surface area contributed by atoms with Crippen molar-refractivity contribution in [1.29, 1.82) is 10.5 Å². The van der Waals surface area contributed by atoms with E-state index in [2.05, 4.69) is 5.32 Å². The van der Waals surface area contributed by atoms with Gasteiger partial charge < -0.3 is 14.8 Å². The van der Waals surface area contributed by atoms with Gasteiger partial charge in [0.1, 0.15) is 18.0 Å². The molecule has 1 aliphatic heterocycles. The first-order chi connectivity index (χ1) is 9.13. The minimum absolute atomic E-state index is 0.290. The summed E-state index contributed by atoms with van der Waals surface area (Å²) in [6.45, 7) is 0. The number of benzene rings is 1. The molecule has 6 nitrogen and oxygen atoms in total. The van der Waals surface area contributed by atoms with Crippen LogP contribution in [-0.4, -0.2) is 19.3 Å². The third-order valence-corrected chi connectivity index (χ3v) is 3.18. The molecule has 0 fully saturated rings. The summed E-state index contributed by atoms with van der Waals surface area (Å²) in [6, 6.07) is 8.20. The van der Waals surface area contributed by atoms with Gasteiger partial charge in [-0.15, -0.1) is 0 Å². The number of nitrogens with one attached hydrogen (secondary N) is 1. The summed E-state index contributed by atoms with van der Waals surface area (Å²) in [5, 5.41) is 20.9. The molecule has 19 heavy (non-hydrogen) atoms. The number of amides is 1. The van der Waals surface area contributed by atoms with Crippen LogP contribution in [0.1, 0.15) is 5.56 Å². The van der Waals surface area contributed by atoms with E-state index in [0.29, 0.717) is 17.7 Å². The second-order valence-electron chi connectivity index (χ2n) is 4.03. The Bertz CT molecular complexity index is 642. The topological polar surface area (TPSA) is 103 Å². The predicted octanol–water partition coefficient (Wildman–Crippen LogP) is 0.747. The number of fused-ring (bicyclic) bond motifs is 1. The Labute approximate surface area is 109 Å². The Balaban J connectivity index is 2.72. The van der Waals surface area contributed by atoms with Gasteiger partial charge >= 0.3 is 0 Å². The second kappa shape index (κ2) is 4.43. The van der Waals surface area contributed by atoms with E-state index < -0.39 is 17.2 Å². The summed E-state index contributed by atoms with van der Waals surface area (Å²) in [4.78, 5) is 23.1. The lowest BCUT2D eigenvalue weighted by Crippen LogP contribution is -2.40. The monoisotopic (exact) mass is 255 g/mol. The van der Waals surface area contributed by atoms with Gasteiger partial charge in [0, 0.05) is 11.3 Å². The van der Waals surface area contributed by atoms with Crippen LogP contribution in [0, 0.1) is 28.6 Å². The highest BCUT2D eigenvalue weighted by Gasteiger charge is 2.54. The molecule has 1 aliphatic rings. The largest absolute Gasteiger partial charge is 0.497 e. The Kier molecular flexibility index (Phi) is 2.94. The number of carbonyl (C=O) groups excluding carboxylic acids is 2. The molecule has 1 aromatic carbocycles. The van der Waals surface area contributed by atoms with Crippen molar-refractivity contribution in [1.82, 2.24) is 0 Å². The second-order valence-corrected chi connectivity index (χ2v) is 4.03. The summed E-state index contributed by atoms with van der Waals surface area (Å²) in [6.07, 6.45) is 0.317. The average molecular weight is 255 g/mol. The van der Waals surface area contributed by atoms with Gasteiger partial charge in [-0.3, -0.25) is 4.79 Å². The molecule has 1 aromatic rings. The number of hydrogen-bond donors (Lipinski definition) is 1. The van der Waals surface area contributed by atoms with E-state index in [4.69, 9.17) is 10.00 Å². The Hall–Kier alpha value is -2.86. The third-order valence-electron chi connectivity index (χ3n) is 3.18. The molecule has 0 saturated carbocycles. The summed E-state index contributed by atoms with van der Waals surface area (Å²) >= 11 is 0.